The molecule has 1 unspecified atom stereocenters. The Morgan fingerprint density at radius 2 is 2.03 bits per heavy atom. The molecular weight excluding hydrogens is 438 g/mol. The van der Waals surface area contributed by atoms with Gasteiger partial charge in [-0.15, -0.1) is 10.2 Å². The number of aromatic nitrogens is 3. The summed E-state index contributed by atoms with van der Waals surface area (Å²) in [5.74, 6) is 2.02. The molecule has 1 atom stereocenters. The Labute approximate surface area is 197 Å². The summed E-state index contributed by atoms with van der Waals surface area (Å²) in [6.07, 6.45) is 6.04. The van der Waals surface area contributed by atoms with Crippen molar-refractivity contribution in [2.24, 2.45) is 0 Å². The standard InChI is InChI=1S/C24H27N5O3S/c1-17(22(30)26-24(16-25)12-4-3-5-13-24)33-23-28-27-21(18-8-10-19(31-2)11-9-18)29(23)15-20-7-6-14-32-20/h6-11,14,17H,3-5,12-13,15H2,1-2H3,(H,26,30). The van der Waals surface area contributed by atoms with Crippen LogP contribution < -0.4 is 10.1 Å². The van der Waals surface area contributed by atoms with Crippen molar-refractivity contribution in [1.82, 2.24) is 20.1 Å². The third-order valence-electron chi connectivity index (χ3n) is 5.89. The Morgan fingerprint density at radius 3 is 2.67 bits per heavy atom. The highest BCUT2D eigenvalue weighted by Gasteiger charge is 2.35. The van der Waals surface area contributed by atoms with E-state index in [2.05, 4.69) is 21.6 Å². The largest absolute Gasteiger partial charge is 0.497 e. The van der Waals surface area contributed by atoms with Gasteiger partial charge in [-0.2, -0.15) is 5.26 Å². The number of furan rings is 1. The van der Waals surface area contributed by atoms with Crippen LogP contribution in [0.25, 0.3) is 11.4 Å². The fourth-order valence-corrected chi connectivity index (χ4v) is 4.85. The molecule has 1 aromatic carbocycles. The predicted molar refractivity (Wildman–Crippen MR) is 125 cm³/mol. The van der Waals surface area contributed by atoms with E-state index >= 15 is 0 Å². The molecule has 3 aromatic rings. The fourth-order valence-electron chi connectivity index (χ4n) is 4.00. The van der Waals surface area contributed by atoms with Crippen molar-refractivity contribution in [3.63, 3.8) is 0 Å². The molecule has 33 heavy (non-hydrogen) atoms. The molecule has 8 nitrogen and oxygen atoms in total. The van der Waals surface area contributed by atoms with Crippen LogP contribution >= 0.6 is 11.8 Å². The van der Waals surface area contributed by atoms with E-state index in [4.69, 9.17) is 9.15 Å². The average molecular weight is 466 g/mol. The van der Waals surface area contributed by atoms with Crippen LogP contribution in [0.2, 0.25) is 0 Å². The zero-order valence-corrected chi connectivity index (χ0v) is 19.6. The smallest absolute Gasteiger partial charge is 0.234 e. The fraction of sp³-hybridized carbons (Fsp3) is 0.417. The van der Waals surface area contributed by atoms with Gasteiger partial charge in [0.05, 0.1) is 31.2 Å². The van der Waals surface area contributed by atoms with Gasteiger partial charge in [0.2, 0.25) is 5.91 Å². The van der Waals surface area contributed by atoms with E-state index in [0.29, 0.717) is 30.4 Å². The van der Waals surface area contributed by atoms with Gasteiger partial charge in [0.25, 0.3) is 0 Å². The third-order valence-corrected chi connectivity index (χ3v) is 6.97. The van der Waals surface area contributed by atoms with Crippen molar-refractivity contribution >= 4 is 17.7 Å². The summed E-state index contributed by atoms with van der Waals surface area (Å²) in [6, 6.07) is 13.7. The van der Waals surface area contributed by atoms with Crippen LogP contribution in [0, 0.1) is 11.3 Å². The molecule has 1 amide bonds. The second-order valence-electron chi connectivity index (χ2n) is 8.20. The molecule has 0 radical (unpaired) electrons. The van der Waals surface area contributed by atoms with Gasteiger partial charge in [-0.1, -0.05) is 31.0 Å². The number of carbonyl (C=O) groups excluding carboxylic acids is 1. The van der Waals surface area contributed by atoms with Gasteiger partial charge in [-0.05, 0) is 56.2 Å². The summed E-state index contributed by atoms with van der Waals surface area (Å²) in [4.78, 5) is 13.0. The molecule has 0 saturated heterocycles. The molecule has 9 heteroatoms. The molecule has 0 spiro atoms. The predicted octanol–water partition coefficient (Wildman–Crippen LogP) is 4.42. The van der Waals surface area contributed by atoms with Crippen molar-refractivity contribution in [2.75, 3.05) is 7.11 Å². The molecule has 0 bridgehead atoms. The highest BCUT2D eigenvalue weighted by Crippen LogP contribution is 2.31. The Hall–Kier alpha value is -3.25. The first kappa shape index (κ1) is 22.9. The third kappa shape index (κ3) is 5.22. The first-order valence-electron chi connectivity index (χ1n) is 11.0. The number of thioether (sulfide) groups is 1. The summed E-state index contributed by atoms with van der Waals surface area (Å²) in [6.45, 7) is 2.26. The topological polar surface area (TPSA) is 106 Å². The lowest BCUT2D eigenvalue weighted by molar-refractivity contribution is -0.121. The average Bonchev–Trinajstić information content (AvgIpc) is 3.50. The quantitative estimate of drug-likeness (QED) is 0.491. The van der Waals surface area contributed by atoms with E-state index < -0.39 is 10.8 Å². The van der Waals surface area contributed by atoms with Crippen LogP contribution in [0.4, 0.5) is 0 Å². The number of hydrogen-bond donors (Lipinski definition) is 1. The number of methoxy groups -OCH3 is 1. The molecule has 1 aliphatic rings. The van der Waals surface area contributed by atoms with E-state index in [-0.39, 0.29) is 5.91 Å². The molecular formula is C24H27N5O3S. The molecule has 0 aliphatic heterocycles. The number of nitrogens with one attached hydrogen (secondary N) is 1. The van der Waals surface area contributed by atoms with E-state index in [0.717, 1.165) is 36.3 Å². The first-order valence-corrected chi connectivity index (χ1v) is 11.9. The highest BCUT2D eigenvalue weighted by molar-refractivity contribution is 8.00. The van der Waals surface area contributed by atoms with Gasteiger partial charge < -0.3 is 14.5 Å². The lowest BCUT2D eigenvalue weighted by Gasteiger charge is -2.32. The van der Waals surface area contributed by atoms with Crippen LogP contribution in [0.5, 0.6) is 5.75 Å². The number of amides is 1. The van der Waals surface area contributed by atoms with Crippen molar-refractivity contribution in [2.45, 2.75) is 61.5 Å². The zero-order chi connectivity index (χ0) is 23.3. The summed E-state index contributed by atoms with van der Waals surface area (Å²) < 4.78 is 12.7. The Balaban J connectivity index is 1.56. The highest BCUT2D eigenvalue weighted by atomic mass is 32.2. The van der Waals surface area contributed by atoms with E-state index in [1.165, 1.54) is 11.8 Å². The van der Waals surface area contributed by atoms with Crippen LogP contribution in [-0.4, -0.2) is 38.6 Å². The lowest BCUT2D eigenvalue weighted by atomic mass is 9.83. The second kappa shape index (κ2) is 10.1. The van der Waals surface area contributed by atoms with Gasteiger partial charge in [0, 0.05) is 5.56 Å². The maximum absolute atomic E-state index is 13.0. The normalized spacial score (nSPS) is 16.0. The number of hydrogen-bond acceptors (Lipinski definition) is 7. The van der Waals surface area contributed by atoms with Crippen LogP contribution in [0.15, 0.2) is 52.2 Å². The summed E-state index contributed by atoms with van der Waals surface area (Å²) in [5.41, 5.74) is 0.115. The SMILES string of the molecule is COc1ccc(-c2nnc(SC(C)C(=O)NC3(C#N)CCCCC3)n2Cc2ccco2)cc1. The number of carbonyl (C=O) groups is 1. The summed E-state index contributed by atoms with van der Waals surface area (Å²) in [5, 5.41) is 21.7. The molecule has 1 N–H and O–H groups in total. The molecule has 1 fully saturated rings. The van der Waals surface area contributed by atoms with Gasteiger partial charge in [-0.25, -0.2) is 0 Å². The van der Waals surface area contributed by atoms with Crippen molar-refractivity contribution in [3.8, 4) is 23.2 Å². The first-order chi connectivity index (χ1) is 16.0. The number of nitriles is 1. The van der Waals surface area contributed by atoms with Gasteiger partial charge in [-0.3, -0.25) is 9.36 Å². The maximum Gasteiger partial charge on any atom is 0.234 e. The number of rotatable bonds is 8. The van der Waals surface area contributed by atoms with Crippen LogP contribution in [-0.2, 0) is 11.3 Å². The Kier molecular flexibility index (Phi) is 7.04. The van der Waals surface area contributed by atoms with Gasteiger partial charge in [0.15, 0.2) is 11.0 Å². The molecule has 2 heterocycles. The summed E-state index contributed by atoms with van der Waals surface area (Å²) in [7, 11) is 1.62. The van der Waals surface area contributed by atoms with E-state index in [1.54, 1.807) is 13.4 Å². The van der Waals surface area contributed by atoms with Crippen molar-refractivity contribution < 1.29 is 13.9 Å². The minimum absolute atomic E-state index is 0.165. The molecule has 1 aliphatic carbocycles. The van der Waals surface area contributed by atoms with Gasteiger partial charge >= 0.3 is 0 Å². The Bertz CT molecular complexity index is 1110. The summed E-state index contributed by atoms with van der Waals surface area (Å²) >= 11 is 1.32. The molecule has 4 rings (SSSR count). The van der Waals surface area contributed by atoms with E-state index in [1.807, 2.05) is 47.9 Å². The maximum atomic E-state index is 13.0. The lowest BCUT2D eigenvalue weighted by Crippen LogP contribution is -2.51. The molecule has 1 saturated carbocycles. The number of nitrogens with zero attached hydrogens (tertiary/aromatic N) is 4. The molecule has 172 valence electrons. The van der Waals surface area contributed by atoms with Crippen molar-refractivity contribution in [3.05, 3.63) is 48.4 Å². The second-order valence-corrected chi connectivity index (χ2v) is 9.51. The zero-order valence-electron chi connectivity index (χ0n) is 18.8. The number of benzene rings is 1. The monoisotopic (exact) mass is 465 g/mol. The van der Waals surface area contributed by atoms with Crippen molar-refractivity contribution in [1.29, 1.82) is 5.26 Å². The van der Waals surface area contributed by atoms with Gasteiger partial charge in [0.1, 0.15) is 17.0 Å². The van der Waals surface area contributed by atoms with E-state index in [9.17, 15) is 10.1 Å². The number of ether oxygens (including phenoxy) is 1. The Morgan fingerprint density at radius 1 is 1.27 bits per heavy atom. The minimum Gasteiger partial charge on any atom is -0.497 e. The van der Waals surface area contributed by atoms with Crippen LogP contribution in [0.1, 0.15) is 44.8 Å². The minimum atomic E-state index is -0.764. The van der Waals surface area contributed by atoms with Crippen LogP contribution in [0.3, 0.4) is 0 Å². The molecule has 2 aromatic heterocycles.